The molecule has 0 spiro atoms. The zero-order chi connectivity index (χ0) is 18.4. The molecule has 0 saturated carbocycles. The fraction of sp³-hybridized carbons (Fsp3) is 0.476. The van der Waals surface area contributed by atoms with E-state index in [2.05, 4.69) is 45.6 Å². The van der Waals surface area contributed by atoms with E-state index in [9.17, 15) is 4.79 Å². The number of fused-ring (bicyclic) bond motifs is 4. The molecule has 1 atom stereocenters. The number of amides is 1. The van der Waals surface area contributed by atoms with Gasteiger partial charge in [0.1, 0.15) is 6.04 Å². The molecule has 0 radical (unpaired) electrons. The number of nitrogens with one attached hydrogen (secondary N) is 1. The number of benzene rings is 1. The number of piperazine rings is 1. The first kappa shape index (κ1) is 16.8. The van der Waals surface area contributed by atoms with Crippen LogP contribution < -0.4 is 0 Å². The average Bonchev–Trinajstić information content (AvgIpc) is 3.07. The monoisotopic (exact) mass is 366 g/mol. The maximum atomic E-state index is 13.2. The van der Waals surface area contributed by atoms with Crippen molar-refractivity contribution in [3.8, 4) is 0 Å². The first-order valence-electron chi connectivity index (χ1n) is 9.82. The van der Waals surface area contributed by atoms with E-state index in [1.165, 1.54) is 16.6 Å². The van der Waals surface area contributed by atoms with E-state index in [-0.39, 0.29) is 11.9 Å². The summed E-state index contributed by atoms with van der Waals surface area (Å²) >= 11 is 0. The number of carbonyl (C=O) groups is 1. The number of ether oxygens (including phenoxy) is 1. The zero-order valence-corrected chi connectivity index (χ0v) is 15.6. The van der Waals surface area contributed by atoms with Crippen molar-refractivity contribution in [1.29, 1.82) is 0 Å². The normalized spacial score (nSPS) is 23.6. The molecule has 2 fully saturated rings. The second-order valence-corrected chi connectivity index (χ2v) is 7.76. The van der Waals surface area contributed by atoms with Crippen LogP contribution in [-0.2, 0) is 22.5 Å². The van der Waals surface area contributed by atoms with Crippen molar-refractivity contribution in [3.63, 3.8) is 0 Å². The van der Waals surface area contributed by atoms with Crippen molar-refractivity contribution in [2.75, 3.05) is 45.9 Å². The Morgan fingerprint density at radius 2 is 1.96 bits per heavy atom. The van der Waals surface area contributed by atoms with Crippen LogP contribution in [0.25, 0.3) is 10.9 Å². The predicted molar refractivity (Wildman–Crippen MR) is 104 cm³/mol. The van der Waals surface area contributed by atoms with Gasteiger partial charge in [0, 0.05) is 54.9 Å². The van der Waals surface area contributed by atoms with Crippen LogP contribution in [0, 0.1) is 0 Å². The largest absolute Gasteiger partial charge is 0.379 e. The Kier molecular flexibility index (Phi) is 4.17. The Labute approximate surface area is 159 Å². The summed E-state index contributed by atoms with van der Waals surface area (Å²) in [6.45, 7) is 10.8. The lowest BCUT2D eigenvalue weighted by molar-refractivity contribution is -0.140. The van der Waals surface area contributed by atoms with Crippen LogP contribution in [0.4, 0.5) is 0 Å². The Balaban J connectivity index is 1.35. The number of para-hydroxylation sites is 1. The van der Waals surface area contributed by atoms with Crippen molar-refractivity contribution < 1.29 is 9.53 Å². The standard InChI is InChI=1S/C21H26N4O2/c1-15-13-24(7-6-23-8-10-27-11-9-23)21(26)20-12-17-16-4-2-3-5-18(16)22-19(17)14-25(15)20/h2-5,20,22H,1,6-14H2. The van der Waals surface area contributed by atoms with Crippen LogP contribution in [0.15, 0.2) is 36.5 Å². The van der Waals surface area contributed by atoms with Crippen molar-refractivity contribution in [1.82, 2.24) is 19.7 Å². The minimum Gasteiger partial charge on any atom is -0.379 e. The molecule has 3 aliphatic heterocycles. The Morgan fingerprint density at radius 1 is 1.15 bits per heavy atom. The lowest BCUT2D eigenvalue weighted by atomic mass is 9.93. The summed E-state index contributed by atoms with van der Waals surface area (Å²) in [5.41, 5.74) is 4.72. The predicted octanol–water partition coefficient (Wildman–Crippen LogP) is 1.58. The minimum absolute atomic E-state index is 0.123. The van der Waals surface area contributed by atoms with Gasteiger partial charge in [-0.3, -0.25) is 9.69 Å². The highest BCUT2D eigenvalue weighted by molar-refractivity contribution is 5.89. The van der Waals surface area contributed by atoms with Crippen LogP contribution in [-0.4, -0.2) is 77.6 Å². The van der Waals surface area contributed by atoms with Gasteiger partial charge in [-0.1, -0.05) is 24.8 Å². The SMILES string of the molecule is C=C1CN(CCN2CCOCC2)C(=O)C2Cc3c([nH]c4ccccc34)CN12. The van der Waals surface area contributed by atoms with Gasteiger partial charge in [0.25, 0.3) is 0 Å². The van der Waals surface area contributed by atoms with Crippen molar-refractivity contribution in [3.05, 3.63) is 47.8 Å². The van der Waals surface area contributed by atoms with Crippen LogP contribution in [0.3, 0.4) is 0 Å². The van der Waals surface area contributed by atoms with Gasteiger partial charge in [-0.2, -0.15) is 0 Å². The lowest BCUT2D eigenvalue weighted by Crippen LogP contribution is -2.58. The first-order valence-corrected chi connectivity index (χ1v) is 9.82. The number of carbonyl (C=O) groups excluding carboxylic acids is 1. The third-order valence-corrected chi connectivity index (χ3v) is 6.17. The highest BCUT2D eigenvalue weighted by atomic mass is 16.5. The average molecular weight is 366 g/mol. The number of hydrogen-bond acceptors (Lipinski definition) is 4. The van der Waals surface area contributed by atoms with Crippen LogP contribution in [0.5, 0.6) is 0 Å². The molecule has 142 valence electrons. The molecule has 1 unspecified atom stereocenters. The molecule has 4 heterocycles. The summed E-state index contributed by atoms with van der Waals surface area (Å²) in [6, 6.07) is 8.26. The summed E-state index contributed by atoms with van der Waals surface area (Å²) in [7, 11) is 0. The third kappa shape index (κ3) is 2.93. The Bertz CT molecular complexity index is 883. The molecule has 1 amide bonds. The minimum atomic E-state index is -0.123. The lowest BCUT2D eigenvalue weighted by Gasteiger charge is -2.46. The molecular weight excluding hydrogens is 340 g/mol. The zero-order valence-electron chi connectivity index (χ0n) is 15.6. The van der Waals surface area contributed by atoms with E-state index in [1.54, 1.807) is 0 Å². The second kappa shape index (κ2) is 6.69. The molecule has 2 saturated heterocycles. The van der Waals surface area contributed by atoms with Gasteiger partial charge < -0.3 is 19.5 Å². The molecule has 27 heavy (non-hydrogen) atoms. The Hall–Kier alpha value is -2.31. The first-order chi connectivity index (χ1) is 13.2. The van der Waals surface area contributed by atoms with Gasteiger partial charge in [0.2, 0.25) is 5.91 Å². The molecule has 6 heteroatoms. The second-order valence-electron chi connectivity index (χ2n) is 7.76. The molecular formula is C21H26N4O2. The highest BCUT2D eigenvalue weighted by Crippen LogP contribution is 2.34. The maximum Gasteiger partial charge on any atom is 0.246 e. The number of morpholine rings is 1. The number of aromatic amines is 1. The van der Waals surface area contributed by atoms with E-state index in [0.29, 0.717) is 6.54 Å². The molecule has 1 aromatic carbocycles. The molecule has 1 N–H and O–H groups in total. The van der Waals surface area contributed by atoms with E-state index < -0.39 is 0 Å². The molecule has 0 bridgehead atoms. The van der Waals surface area contributed by atoms with E-state index in [0.717, 1.165) is 63.6 Å². The van der Waals surface area contributed by atoms with Gasteiger partial charge in [-0.25, -0.2) is 0 Å². The molecule has 1 aromatic heterocycles. The molecule has 2 aromatic rings. The van der Waals surface area contributed by atoms with Gasteiger partial charge in [-0.15, -0.1) is 0 Å². The topological polar surface area (TPSA) is 51.8 Å². The summed E-state index contributed by atoms with van der Waals surface area (Å²) in [5, 5.41) is 1.25. The van der Waals surface area contributed by atoms with Crippen LogP contribution in [0.2, 0.25) is 0 Å². The smallest absolute Gasteiger partial charge is 0.246 e. The fourth-order valence-electron chi connectivity index (χ4n) is 4.64. The van der Waals surface area contributed by atoms with Crippen molar-refractivity contribution in [2.45, 2.75) is 19.0 Å². The summed E-state index contributed by atoms with van der Waals surface area (Å²) < 4.78 is 5.42. The van der Waals surface area contributed by atoms with E-state index in [1.807, 2.05) is 4.90 Å². The highest BCUT2D eigenvalue weighted by Gasteiger charge is 2.40. The number of hydrogen-bond donors (Lipinski definition) is 1. The van der Waals surface area contributed by atoms with Gasteiger partial charge in [0.15, 0.2) is 0 Å². The van der Waals surface area contributed by atoms with E-state index in [4.69, 9.17) is 4.74 Å². The Morgan fingerprint density at radius 3 is 2.81 bits per heavy atom. The van der Waals surface area contributed by atoms with Crippen molar-refractivity contribution >= 4 is 16.8 Å². The van der Waals surface area contributed by atoms with Crippen LogP contribution in [0.1, 0.15) is 11.3 Å². The quantitative estimate of drug-likeness (QED) is 0.896. The summed E-state index contributed by atoms with van der Waals surface area (Å²) in [5.74, 6) is 0.242. The van der Waals surface area contributed by atoms with Crippen LogP contribution >= 0.6 is 0 Å². The molecule has 5 rings (SSSR count). The molecule has 3 aliphatic rings. The van der Waals surface area contributed by atoms with Gasteiger partial charge in [0.05, 0.1) is 26.3 Å². The summed E-state index contributed by atoms with van der Waals surface area (Å²) in [4.78, 5) is 23.4. The summed E-state index contributed by atoms with van der Waals surface area (Å²) in [6.07, 6.45) is 0.755. The molecule has 6 nitrogen and oxygen atoms in total. The molecule has 0 aliphatic carbocycles. The number of aromatic nitrogens is 1. The third-order valence-electron chi connectivity index (χ3n) is 6.17. The van der Waals surface area contributed by atoms with Gasteiger partial charge in [-0.05, 0) is 11.6 Å². The van der Waals surface area contributed by atoms with Gasteiger partial charge >= 0.3 is 0 Å². The van der Waals surface area contributed by atoms with Crippen molar-refractivity contribution in [2.24, 2.45) is 0 Å². The van der Waals surface area contributed by atoms with E-state index >= 15 is 0 Å². The number of rotatable bonds is 3. The maximum absolute atomic E-state index is 13.2. The fourth-order valence-corrected chi connectivity index (χ4v) is 4.64. The number of H-pyrrole nitrogens is 1. The number of nitrogens with zero attached hydrogens (tertiary/aromatic N) is 3.